The van der Waals surface area contributed by atoms with Gasteiger partial charge in [-0.25, -0.2) is 4.98 Å². The highest BCUT2D eigenvalue weighted by Gasteiger charge is 2.29. The van der Waals surface area contributed by atoms with Crippen LogP contribution in [0, 0.1) is 10.1 Å². The van der Waals surface area contributed by atoms with Gasteiger partial charge in [-0.3, -0.25) is 10.1 Å². The van der Waals surface area contributed by atoms with E-state index in [1.165, 1.54) is 12.3 Å². The lowest BCUT2D eigenvalue weighted by Gasteiger charge is -2.31. The average molecular weight is 260 g/mol. The fourth-order valence-corrected chi connectivity index (χ4v) is 2.20. The van der Waals surface area contributed by atoms with E-state index in [4.69, 9.17) is 4.74 Å². The van der Waals surface area contributed by atoms with E-state index >= 15 is 0 Å². The second-order valence-electron chi connectivity index (χ2n) is 4.60. The molecule has 1 fully saturated rings. The highest BCUT2D eigenvalue weighted by molar-refractivity contribution is 5.92. The number of hydrogen-bond acceptors (Lipinski definition) is 5. The first-order valence-electron chi connectivity index (χ1n) is 6.02. The second kappa shape index (κ2) is 4.47. The van der Waals surface area contributed by atoms with Crippen molar-refractivity contribution in [2.75, 3.05) is 0 Å². The van der Waals surface area contributed by atoms with Gasteiger partial charge in [0.1, 0.15) is 11.9 Å². The fourth-order valence-electron chi connectivity index (χ4n) is 2.20. The zero-order valence-electron chi connectivity index (χ0n) is 10.0. The third kappa shape index (κ3) is 2.10. The Kier molecular flexibility index (Phi) is 2.79. The summed E-state index contributed by atoms with van der Waals surface area (Å²) in [6.07, 6.45) is 2.39. The first kappa shape index (κ1) is 11.9. The molecule has 6 nitrogen and oxygen atoms in total. The van der Waals surface area contributed by atoms with Gasteiger partial charge in [-0.15, -0.1) is 0 Å². The van der Waals surface area contributed by atoms with Gasteiger partial charge in [0, 0.05) is 30.5 Å². The lowest BCUT2D eigenvalue weighted by Crippen LogP contribution is -2.37. The van der Waals surface area contributed by atoms with Gasteiger partial charge >= 0.3 is 0 Å². The van der Waals surface area contributed by atoms with Crippen LogP contribution in [0.3, 0.4) is 0 Å². The zero-order valence-corrected chi connectivity index (χ0v) is 10.0. The molecule has 0 aliphatic heterocycles. The van der Waals surface area contributed by atoms with Crippen LogP contribution in [0.4, 0.5) is 5.69 Å². The maximum absolute atomic E-state index is 11.0. The molecule has 19 heavy (non-hydrogen) atoms. The lowest BCUT2D eigenvalue weighted by molar-refractivity contribution is -0.383. The molecule has 0 amide bonds. The third-order valence-corrected chi connectivity index (χ3v) is 3.27. The Morgan fingerprint density at radius 3 is 2.84 bits per heavy atom. The standard InChI is InChI=1S/C13H12N2O4/c16-8-6-9(7-8)19-12-4-3-11(15(17)18)13-10(12)2-1-5-14-13/h1-5,8-9,16H,6-7H2. The van der Waals surface area contributed by atoms with Crippen LogP contribution in [0.1, 0.15) is 12.8 Å². The van der Waals surface area contributed by atoms with Gasteiger partial charge in [0.15, 0.2) is 5.52 Å². The normalized spacial score (nSPS) is 21.9. The van der Waals surface area contributed by atoms with E-state index in [9.17, 15) is 15.2 Å². The number of aromatic nitrogens is 1. The Morgan fingerprint density at radius 1 is 1.37 bits per heavy atom. The number of aliphatic hydroxyl groups excluding tert-OH is 1. The van der Waals surface area contributed by atoms with Crippen LogP contribution in [0.2, 0.25) is 0 Å². The van der Waals surface area contributed by atoms with Crippen LogP contribution in [0.25, 0.3) is 10.9 Å². The van der Waals surface area contributed by atoms with Crippen molar-refractivity contribution in [2.24, 2.45) is 0 Å². The average Bonchev–Trinajstić information content (AvgIpc) is 2.36. The summed E-state index contributed by atoms with van der Waals surface area (Å²) in [5, 5.41) is 20.8. The van der Waals surface area contributed by atoms with Crippen LogP contribution >= 0.6 is 0 Å². The number of rotatable bonds is 3. The van der Waals surface area contributed by atoms with Crippen LogP contribution < -0.4 is 4.74 Å². The minimum atomic E-state index is -0.452. The van der Waals surface area contributed by atoms with Gasteiger partial charge in [0.05, 0.1) is 11.0 Å². The molecule has 0 atom stereocenters. The van der Waals surface area contributed by atoms with Gasteiger partial charge < -0.3 is 9.84 Å². The molecule has 0 unspecified atom stereocenters. The molecule has 1 aromatic carbocycles. The van der Waals surface area contributed by atoms with Crippen LogP contribution in [0.15, 0.2) is 30.5 Å². The van der Waals surface area contributed by atoms with E-state index < -0.39 is 4.92 Å². The zero-order chi connectivity index (χ0) is 13.4. The fraction of sp³-hybridized carbons (Fsp3) is 0.308. The SMILES string of the molecule is O=[N+]([O-])c1ccc(OC2CC(O)C2)c2cccnc12. The summed E-state index contributed by atoms with van der Waals surface area (Å²) in [6.45, 7) is 0. The molecule has 6 heteroatoms. The van der Waals surface area contributed by atoms with Gasteiger partial charge in [-0.2, -0.15) is 0 Å². The molecule has 1 aliphatic carbocycles. The number of aliphatic hydroxyl groups is 1. The Morgan fingerprint density at radius 2 is 2.16 bits per heavy atom. The molecular formula is C13H12N2O4. The molecule has 2 aromatic rings. The van der Waals surface area contributed by atoms with Crippen LogP contribution in [-0.2, 0) is 0 Å². The Balaban J connectivity index is 2.01. The molecule has 0 bridgehead atoms. The molecular weight excluding hydrogens is 248 g/mol. The number of hydrogen-bond donors (Lipinski definition) is 1. The predicted octanol–water partition coefficient (Wildman–Crippen LogP) is 2.05. The summed E-state index contributed by atoms with van der Waals surface area (Å²) < 4.78 is 5.75. The number of non-ortho nitro benzene ring substituents is 1. The number of pyridine rings is 1. The Hall–Kier alpha value is -2.21. The molecule has 0 saturated heterocycles. The monoisotopic (exact) mass is 260 g/mol. The minimum Gasteiger partial charge on any atom is -0.490 e. The summed E-state index contributed by atoms with van der Waals surface area (Å²) in [4.78, 5) is 14.6. The summed E-state index contributed by atoms with van der Waals surface area (Å²) in [7, 11) is 0. The van der Waals surface area contributed by atoms with Crippen LogP contribution in [-0.4, -0.2) is 27.2 Å². The first-order valence-corrected chi connectivity index (χ1v) is 6.02. The van der Waals surface area contributed by atoms with Gasteiger partial charge in [0.2, 0.25) is 0 Å². The highest BCUT2D eigenvalue weighted by atomic mass is 16.6. The van der Waals surface area contributed by atoms with Crippen LogP contribution in [0.5, 0.6) is 5.75 Å². The molecule has 1 saturated carbocycles. The predicted molar refractivity (Wildman–Crippen MR) is 68.1 cm³/mol. The van der Waals surface area contributed by atoms with E-state index in [-0.39, 0.29) is 17.9 Å². The summed E-state index contributed by atoms with van der Waals surface area (Å²) >= 11 is 0. The Labute approximate surface area is 108 Å². The maximum atomic E-state index is 11.0. The van der Waals surface area contributed by atoms with E-state index in [0.717, 1.165) is 0 Å². The number of nitrogens with zero attached hydrogens (tertiary/aromatic N) is 2. The van der Waals surface area contributed by atoms with Crippen molar-refractivity contribution in [2.45, 2.75) is 25.0 Å². The number of nitro benzene ring substituents is 1. The number of benzene rings is 1. The summed E-state index contributed by atoms with van der Waals surface area (Å²) in [6, 6.07) is 6.46. The topological polar surface area (TPSA) is 85.5 Å². The van der Waals surface area contributed by atoms with Gasteiger partial charge in [-0.1, -0.05) is 0 Å². The quantitative estimate of drug-likeness (QED) is 0.674. The molecule has 0 radical (unpaired) electrons. The first-order chi connectivity index (χ1) is 9.15. The van der Waals surface area contributed by atoms with Crippen molar-refractivity contribution in [3.63, 3.8) is 0 Å². The van der Waals surface area contributed by atoms with Crippen molar-refractivity contribution < 1.29 is 14.8 Å². The summed E-state index contributed by atoms with van der Waals surface area (Å²) in [5.41, 5.74) is 0.293. The van der Waals surface area contributed by atoms with E-state index in [1.807, 2.05) is 0 Å². The molecule has 3 rings (SSSR count). The molecule has 98 valence electrons. The number of nitro groups is 1. The van der Waals surface area contributed by atoms with Crippen molar-refractivity contribution in [3.8, 4) is 5.75 Å². The largest absolute Gasteiger partial charge is 0.490 e. The maximum Gasteiger partial charge on any atom is 0.295 e. The Bertz CT molecular complexity index is 638. The van der Waals surface area contributed by atoms with Gasteiger partial charge in [0.25, 0.3) is 5.69 Å². The molecule has 0 spiro atoms. The van der Waals surface area contributed by atoms with Crippen molar-refractivity contribution in [1.29, 1.82) is 0 Å². The number of fused-ring (bicyclic) bond motifs is 1. The third-order valence-electron chi connectivity index (χ3n) is 3.27. The second-order valence-corrected chi connectivity index (χ2v) is 4.60. The molecule has 1 N–H and O–H groups in total. The number of ether oxygens (including phenoxy) is 1. The molecule has 1 heterocycles. The smallest absolute Gasteiger partial charge is 0.295 e. The van der Waals surface area contributed by atoms with Crippen molar-refractivity contribution in [1.82, 2.24) is 4.98 Å². The highest BCUT2D eigenvalue weighted by Crippen LogP contribution is 2.34. The van der Waals surface area contributed by atoms with E-state index in [0.29, 0.717) is 29.5 Å². The van der Waals surface area contributed by atoms with Crippen molar-refractivity contribution >= 4 is 16.6 Å². The molecule has 1 aliphatic rings. The van der Waals surface area contributed by atoms with E-state index in [2.05, 4.69) is 4.98 Å². The van der Waals surface area contributed by atoms with Gasteiger partial charge in [-0.05, 0) is 18.2 Å². The van der Waals surface area contributed by atoms with Crippen molar-refractivity contribution in [3.05, 3.63) is 40.6 Å². The molecule has 1 aromatic heterocycles. The van der Waals surface area contributed by atoms with E-state index in [1.54, 1.807) is 18.2 Å². The minimum absolute atomic E-state index is 0.0279. The lowest BCUT2D eigenvalue weighted by atomic mass is 9.92. The summed E-state index contributed by atoms with van der Waals surface area (Å²) in [5.74, 6) is 0.575.